The second-order valence-corrected chi connectivity index (χ2v) is 5.87. The molecule has 21 heavy (non-hydrogen) atoms. The number of rotatable bonds is 3. The molecule has 0 amide bonds. The minimum Gasteiger partial charge on any atom is -0.281 e. The Balaban J connectivity index is 1.89. The summed E-state index contributed by atoms with van der Waals surface area (Å²) in [7, 11) is 0. The van der Waals surface area contributed by atoms with Crippen LogP contribution in [0.15, 0.2) is 64.2 Å². The molecular weight excluding hydrogens is 352 g/mol. The summed E-state index contributed by atoms with van der Waals surface area (Å²) in [5, 5.41) is 11.8. The highest BCUT2D eigenvalue weighted by Crippen LogP contribution is 2.26. The number of thioether (sulfide) groups is 1. The lowest BCUT2D eigenvalue weighted by Gasteiger charge is -2.04. The van der Waals surface area contributed by atoms with Crippen LogP contribution in [0, 0.1) is 0 Å². The maximum Gasteiger partial charge on any atom is 0.228 e. The molecule has 0 fully saturated rings. The van der Waals surface area contributed by atoms with Gasteiger partial charge in [0, 0.05) is 10.0 Å². The van der Waals surface area contributed by atoms with Gasteiger partial charge in [0.2, 0.25) is 10.3 Å². The number of carbonyl (C=O) groups is 1. The number of hydrogen-bond acceptors (Lipinski definition) is 5. The van der Waals surface area contributed by atoms with E-state index in [-0.39, 0.29) is 5.12 Å². The highest BCUT2D eigenvalue weighted by molar-refractivity contribution is 9.10. The first-order valence-corrected chi connectivity index (χ1v) is 7.67. The van der Waals surface area contributed by atoms with Gasteiger partial charge in [0.1, 0.15) is 0 Å². The van der Waals surface area contributed by atoms with E-state index in [0.29, 0.717) is 10.7 Å². The Morgan fingerprint density at radius 3 is 2.52 bits per heavy atom. The summed E-state index contributed by atoms with van der Waals surface area (Å²) in [5.74, 6) is 0. The lowest BCUT2D eigenvalue weighted by Crippen LogP contribution is -2.02. The zero-order valence-corrected chi connectivity index (χ0v) is 13.1. The summed E-state index contributed by atoms with van der Waals surface area (Å²) >= 11 is 4.37. The highest BCUT2D eigenvalue weighted by Gasteiger charge is 2.17. The van der Waals surface area contributed by atoms with Gasteiger partial charge in [0.15, 0.2) is 0 Å². The number of hydrogen-bond donors (Lipinski definition) is 0. The van der Waals surface area contributed by atoms with Crippen LogP contribution in [0.2, 0.25) is 0 Å². The number of halogens is 1. The summed E-state index contributed by atoms with van der Waals surface area (Å²) in [6.07, 6.45) is 0. The van der Waals surface area contributed by atoms with E-state index in [1.807, 2.05) is 48.5 Å². The molecule has 3 aromatic rings. The summed E-state index contributed by atoms with van der Waals surface area (Å²) in [6.45, 7) is 0. The van der Waals surface area contributed by atoms with Gasteiger partial charge in [-0.2, -0.15) is 4.68 Å². The summed E-state index contributed by atoms with van der Waals surface area (Å²) in [6, 6.07) is 16.7. The third-order valence-electron chi connectivity index (χ3n) is 2.72. The Hall–Kier alpha value is -1.99. The molecule has 1 aromatic heterocycles. The van der Waals surface area contributed by atoms with Crippen molar-refractivity contribution in [1.82, 2.24) is 20.2 Å². The van der Waals surface area contributed by atoms with Crippen molar-refractivity contribution in [3.8, 4) is 5.69 Å². The van der Waals surface area contributed by atoms with E-state index in [0.717, 1.165) is 21.9 Å². The first-order valence-electron chi connectivity index (χ1n) is 6.06. The van der Waals surface area contributed by atoms with Crippen molar-refractivity contribution in [2.75, 3.05) is 0 Å². The average Bonchev–Trinajstić information content (AvgIpc) is 2.96. The maximum absolute atomic E-state index is 12.3. The van der Waals surface area contributed by atoms with Crippen molar-refractivity contribution in [2.24, 2.45) is 0 Å². The molecule has 7 heteroatoms. The van der Waals surface area contributed by atoms with Crippen LogP contribution >= 0.6 is 27.7 Å². The Bertz CT molecular complexity index is 775. The Kier molecular flexibility index (Phi) is 4.12. The molecule has 0 unspecified atom stereocenters. The molecule has 0 radical (unpaired) electrons. The van der Waals surface area contributed by atoms with Crippen LogP contribution in [0.1, 0.15) is 10.4 Å². The van der Waals surface area contributed by atoms with Crippen molar-refractivity contribution in [3.05, 3.63) is 64.6 Å². The number of carbonyl (C=O) groups excluding carboxylic acids is 1. The minimum absolute atomic E-state index is 0.116. The Morgan fingerprint density at radius 2 is 1.76 bits per heavy atom. The minimum atomic E-state index is -0.116. The lowest BCUT2D eigenvalue weighted by atomic mass is 10.2. The van der Waals surface area contributed by atoms with Gasteiger partial charge in [-0.15, -0.1) is 5.10 Å². The highest BCUT2D eigenvalue weighted by atomic mass is 79.9. The van der Waals surface area contributed by atoms with Gasteiger partial charge in [-0.05, 0) is 46.5 Å². The summed E-state index contributed by atoms with van der Waals surface area (Å²) in [5.41, 5.74) is 1.40. The lowest BCUT2D eigenvalue weighted by molar-refractivity contribution is 0.108. The van der Waals surface area contributed by atoms with Gasteiger partial charge < -0.3 is 0 Å². The predicted molar refractivity (Wildman–Crippen MR) is 83.5 cm³/mol. The van der Waals surface area contributed by atoms with Gasteiger partial charge in [-0.25, -0.2) is 0 Å². The Morgan fingerprint density at radius 1 is 1.05 bits per heavy atom. The first kappa shape index (κ1) is 14.0. The summed E-state index contributed by atoms with van der Waals surface area (Å²) < 4.78 is 2.29. The molecule has 0 atom stereocenters. The molecule has 104 valence electrons. The average molecular weight is 361 g/mol. The molecule has 0 aliphatic carbocycles. The normalized spacial score (nSPS) is 10.5. The van der Waals surface area contributed by atoms with Crippen molar-refractivity contribution in [3.63, 3.8) is 0 Å². The topological polar surface area (TPSA) is 60.7 Å². The van der Waals surface area contributed by atoms with Crippen LogP contribution < -0.4 is 0 Å². The monoisotopic (exact) mass is 360 g/mol. The molecule has 2 aromatic carbocycles. The fourth-order valence-corrected chi connectivity index (χ4v) is 3.09. The van der Waals surface area contributed by atoms with Crippen molar-refractivity contribution >= 4 is 32.8 Å². The fourth-order valence-electron chi connectivity index (χ4n) is 1.74. The van der Waals surface area contributed by atoms with E-state index in [4.69, 9.17) is 0 Å². The third kappa shape index (κ3) is 3.03. The molecule has 0 saturated carbocycles. The SMILES string of the molecule is O=C(Sc1nnnn1-c1ccccc1)c1ccccc1Br. The summed E-state index contributed by atoms with van der Waals surface area (Å²) in [4.78, 5) is 12.3. The first-order chi connectivity index (χ1) is 10.3. The van der Waals surface area contributed by atoms with Crippen molar-refractivity contribution in [2.45, 2.75) is 5.16 Å². The van der Waals surface area contributed by atoms with E-state index < -0.39 is 0 Å². The molecule has 1 heterocycles. The molecule has 5 nitrogen and oxygen atoms in total. The molecule has 0 aliphatic rings. The molecule has 0 N–H and O–H groups in total. The zero-order chi connectivity index (χ0) is 14.7. The quantitative estimate of drug-likeness (QED) is 0.670. The van der Waals surface area contributed by atoms with Crippen LogP contribution in [-0.2, 0) is 0 Å². The van der Waals surface area contributed by atoms with E-state index in [9.17, 15) is 4.79 Å². The van der Waals surface area contributed by atoms with Crippen LogP contribution in [-0.4, -0.2) is 25.3 Å². The van der Waals surface area contributed by atoms with E-state index in [1.54, 1.807) is 10.7 Å². The van der Waals surface area contributed by atoms with Crippen molar-refractivity contribution < 1.29 is 4.79 Å². The number of nitrogens with zero attached hydrogens (tertiary/aromatic N) is 4. The Labute approximate surface area is 133 Å². The number of tetrazole rings is 1. The van der Waals surface area contributed by atoms with Crippen molar-refractivity contribution in [1.29, 1.82) is 0 Å². The maximum atomic E-state index is 12.3. The molecule has 0 saturated heterocycles. The number of aromatic nitrogens is 4. The van der Waals surface area contributed by atoms with Crippen LogP contribution in [0.3, 0.4) is 0 Å². The van der Waals surface area contributed by atoms with Gasteiger partial charge in [0.25, 0.3) is 0 Å². The van der Waals surface area contributed by atoms with E-state index in [1.165, 1.54) is 0 Å². The zero-order valence-electron chi connectivity index (χ0n) is 10.7. The molecule has 3 rings (SSSR count). The molecule has 0 bridgehead atoms. The second-order valence-electron chi connectivity index (χ2n) is 4.08. The van der Waals surface area contributed by atoms with Crippen LogP contribution in [0.4, 0.5) is 0 Å². The smallest absolute Gasteiger partial charge is 0.228 e. The molecule has 0 spiro atoms. The second kappa shape index (κ2) is 6.19. The van der Waals surface area contributed by atoms with Crippen LogP contribution in [0.5, 0.6) is 0 Å². The number of benzene rings is 2. The van der Waals surface area contributed by atoms with Crippen LogP contribution in [0.25, 0.3) is 5.69 Å². The van der Waals surface area contributed by atoms with Gasteiger partial charge >= 0.3 is 0 Å². The molecular formula is C14H9BrN4OS. The van der Waals surface area contributed by atoms with E-state index in [2.05, 4.69) is 31.5 Å². The van der Waals surface area contributed by atoms with E-state index >= 15 is 0 Å². The largest absolute Gasteiger partial charge is 0.281 e. The fraction of sp³-hybridized carbons (Fsp3) is 0. The van der Waals surface area contributed by atoms with Gasteiger partial charge in [-0.3, -0.25) is 4.79 Å². The third-order valence-corrected chi connectivity index (χ3v) is 4.25. The molecule has 0 aliphatic heterocycles. The number of para-hydroxylation sites is 1. The van der Waals surface area contributed by atoms with Gasteiger partial charge in [-0.1, -0.05) is 46.3 Å². The standard InChI is InChI=1S/C14H9BrN4OS/c15-12-9-5-4-8-11(12)13(20)21-14-16-17-18-19(14)10-6-2-1-3-7-10/h1-9H. The van der Waals surface area contributed by atoms with Gasteiger partial charge in [0.05, 0.1) is 5.69 Å². The predicted octanol–water partition coefficient (Wildman–Crippen LogP) is 3.36.